The summed E-state index contributed by atoms with van der Waals surface area (Å²) in [5.41, 5.74) is 2.10. The molecule has 0 aliphatic carbocycles. The molecule has 2 aromatic rings. The molecule has 0 fully saturated rings. The Morgan fingerprint density at radius 2 is 1.93 bits per heavy atom. The number of hydrogen-bond donors (Lipinski definition) is 2. The zero-order valence-corrected chi connectivity index (χ0v) is 17.6. The molecular formula is C22H26ClN3O3. The van der Waals surface area contributed by atoms with Crippen molar-refractivity contribution in [2.45, 2.75) is 52.3 Å². The van der Waals surface area contributed by atoms with Crippen LogP contribution in [0.3, 0.4) is 0 Å². The highest BCUT2D eigenvalue weighted by Gasteiger charge is 2.32. The van der Waals surface area contributed by atoms with Crippen molar-refractivity contribution in [3.05, 3.63) is 53.1 Å². The van der Waals surface area contributed by atoms with Gasteiger partial charge in [-0.3, -0.25) is 4.79 Å². The lowest BCUT2D eigenvalue weighted by Crippen LogP contribution is -2.43. The number of urea groups is 1. The van der Waals surface area contributed by atoms with Crippen molar-refractivity contribution in [3.63, 3.8) is 0 Å². The molecule has 0 bridgehead atoms. The fourth-order valence-corrected chi connectivity index (χ4v) is 3.45. The van der Waals surface area contributed by atoms with Crippen LogP contribution < -0.4 is 15.4 Å². The van der Waals surface area contributed by atoms with Crippen LogP contribution in [0.25, 0.3) is 0 Å². The summed E-state index contributed by atoms with van der Waals surface area (Å²) in [6.45, 7) is 6.49. The molecule has 3 rings (SSSR count). The Labute approximate surface area is 176 Å². The fourth-order valence-electron chi connectivity index (χ4n) is 3.26. The first-order valence-corrected chi connectivity index (χ1v) is 10.2. The first kappa shape index (κ1) is 21.0. The van der Waals surface area contributed by atoms with E-state index in [1.807, 2.05) is 24.8 Å². The van der Waals surface area contributed by atoms with E-state index < -0.39 is 6.10 Å². The number of benzene rings is 2. The quantitative estimate of drug-likeness (QED) is 0.697. The predicted molar refractivity (Wildman–Crippen MR) is 116 cm³/mol. The molecule has 1 aliphatic heterocycles. The average molecular weight is 416 g/mol. The summed E-state index contributed by atoms with van der Waals surface area (Å²) in [7, 11) is 0. The number of anilines is 2. The average Bonchev–Trinajstić information content (AvgIpc) is 2.83. The number of carbonyl (C=O) groups excluding carboxylic acids is 2. The van der Waals surface area contributed by atoms with Crippen LogP contribution in [-0.4, -0.2) is 29.0 Å². The number of hydrogen-bond acceptors (Lipinski definition) is 3. The van der Waals surface area contributed by atoms with Crippen LogP contribution in [0.2, 0.25) is 5.02 Å². The third-order valence-corrected chi connectivity index (χ3v) is 5.30. The molecule has 0 aromatic heterocycles. The molecule has 6 nitrogen and oxygen atoms in total. The molecule has 0 saturated carbocycles. The van der Waals surface area contributed by atoms with Gasteiger partial charge in [0.2, 0.25) is 0 Å². The third-order valence-electron chi connectivity index (χ3n) is 5.06. The highest BCUT2D eigenvalue weighted by Crippen LogP contribution is 2.30. The van der Waals surface area contributed by atoms with Crippen molar-refractivity contribution < 1.29 is 14.3 Å². The lowest BCUT2D eigenvalue weighted by Gasteiger charge is -2.28. The van der Waals surface area contributed by atoms with Gasteiger partial charge in [-0.1, -0.05) is 31.5 Å². The van der Waals surface area contributed by atoms with Crippen LogP contribution in [0.5, 0.6) is 5.75 Å². The maximum atomic E-state index is 12.8. The number of carbonyl (C=O) groups is 2. The number of amides is 3. The summed E-state index contributed by atoms with van der Waals surface area (Å²) in [4.78, 5) is 27.0. The Hall–Kier alpha value is -2.73. The van der Waals surface area contributed by atoms with Gasteiger partial charge < -0.3 is 20.3 Å². The fraction of sp³-hybridized carbons (Fsp3) is 0.364. The molecule has 0 unspecified atom stereocenters. The third kappa shape index (κ3) is 5.01. The summed E-state index contributed by atoms with van der Waals surface area (Å²) in [5, 5.41) is 6.12. The van der Waals surface area contributed by atoms with Gasteiger partial charge in [0.15, 0.2) is 6.10 Å². The van der Waals surface area contributed by atoms with Crippen LogP contribution >= 0.6 is 11.6 Å². The van der Waals surface area contributed by atoms with Crippen LogP contribution in [0.1, 0.15) is 39.2 Å². The molecule has 0 spiro atoms. The van der Waals surface area contributed by atoms with Crippen molar-refractivity contribution in [1.29, 1.82) is 0 Å². The maximum Gasteiger partial charge on any atom is 0.323 e. The second kappa shape index (κ2) is 9.18. The zero-order valence-electron chi connectivity index (χ0n) is 16.9. The molecule has 0 saturated heterocycles. The Kier molecular flexibility index (Phi) is 6.64. The van der Waals surface area contributed by atoms with Crippen LogP contribution in [-0.2, 0) is 11.3 Å². The number of halogens is 1. The van der Waals surface area contributed by atoms with Gasteiger partial charge in [0.1, 0.15) is 5.75 Å². The van der Waals surface area contributed by atoms with Gasteiger partial charge in [-0.25, -0.2) is 4.79 Å². The smallest absolute Gasteiger partial charge is 0.323 e. The Balaban J connectivity index is 1.79. The van der Waals surface area contributed by atoms with Gasteiger partial charge in [-0.05, 0) is 56.2 Å². The van der Waals surface area contributed by atoms with Crippen molar-refractivity contribution >= 4 is 34.9 Å². The van der Waals surface area contributed by atoms with Crippen LogP contribution in [0.15, 0.2) is 42.5 Å². The lowest BCUT2D eigenvalue weighted by molar-refractivity contribution is -0.140. The number of fused-ring (bicyclic) bond motifs is 1. The Morgan fingerprint density at radius 3 is 2.59 bits per heavy atom. The van der Waals surface area contributed by atoms with Crippen molar-refractivity contribution in [2.24, 2.45) is 0 Å². The first-order valence-electron chi connectivity index (χ1n) is 9.84. The van der Waals surface area contributed by atoms with Crippen molar-refractivity contribution in [1.82, 2.24) is 4.90 Å². The first-order chi connectivity index (χ1) is 13.9. The topological polar surface area (TPSA) is 70.7 Å². The Morgan fingerprint density at radius 1 is 1.21 bits per heavy atom. The Bertz CT molecular complexity index is 903. The summed E-state index contributed by atoms with van der Waals surface area (Å²) in [6.07, 6.45) is 0.972. The van der Waals surface area contributed by atoms with Gasteiger partial charge in [0.05, 0.1) is 0 Å². The number of ether oxygens (including phenoxy) is 1. The molecule has 1 heterocycles. The standard InChI is InChI=1S/C22H26ClN3O3/c1-4-14(3)26-13-15-11-18(9-10-20(15)29-19(5-2)21(26)27)25-22(28)24-17-8-6-7-16(23)12-17/h6-12,14,19H,4-5,13H2,1-3H3,(H2,24,25,28)/t14-,19+/m0/s1. The molecule has 1 aliphatic rings. The number of rotatable bonds is 5. The van der Waals surface area contributed by atoms with Gasteiger partial charge in [0, 0.05) is 34.5 Å². The van der Waals surface area contributed by atoms with Gasteiger partial charge in [-0.2, -0.15) is 0 Å². The van der Waals surface area contributed by atoms with Crippen LogP contribution in [0.4, 0.5) is 16.2 Å². The summed E-state index contributed by atoms with van der Waals surface area (Å²) < 4.78 is 5.98. The number of nitrogens with one attached hydrogen (secondary N) is 2. The minimum Gasteiger partial charge on any atom is -0.480 e. The lowest BCUT2D eigenvalue weighted by atomic mass is 10.1. The number of nitrogens with zero attached hydrogens (tertiary/aromatic N) is 1. The predicted octanol–water partition coefficient (Wildman–Crippen LogP) is 5.28. The van der Waals surface area contributed by atoms with Gasteiger partial charge in [-0.15, -0.1) is 0 Å². The molecule has 2 atom stereocenters. The van der Waals surface area contributed by atoms with Crippen LogP contribution in [0, 0.1) is 0 Å². The maximum absolute atomic E-state index is 12.8. The van der Waals surface area contributed by atoms with E-state index >= 15 is 0 Å². The van der Waals surface area contributed by atoms with E-state index in [0.29, 0.717) is 35.1 Å². The monoisotopic (exact) mass is 415 g/mol. The minimum atomic E-state index is -0.491. The summed E-state index contributed by atoms with van der Waals surface area (Å²) >= 11 is 5.95. The van der Waals surface area contributed by atoms with E-state index in [4.69, 9.17) is 16.3 Å². The SMILES string of the molecule is CC[C@H]1Oc2ccc(NC(=O)Nc3cccc(Cl)c3)cc2CN([C@@H](C)CC)C1=O. The molecule has 2 aromatic carbocycles. The highest BCUT2D eigenvalue weighted by atomic mass is 35.5. The second-order valence-electron chi connectivity index (χ2n) is 7.15. The van der Waals surface area contributed by atoms with E-state index in [0.717, 1.165) is 12.0 Å². The normalized spacial score (nSPS) is 17.0. The molecule has 154 valence electrons. The molecular weight excluding hydrogens is 390 g/mol. The summed E-state index contributed by atoms with van der Waals surface area (Å²) in [5.74, 6) is 0.683. The van der Waals surface area contributed by atoms with Crippen molar-refractivity contribution in [3.8, 4) is 5.75 Å². The molecule has 3 amide bonds. The zero-order chi connectivity index (χ0) is 21.0. The van der Waals surface area contributed by atoms with Gasteiger partial charge in [0.25, 0.3) is 5.91 Å². The van der Waals surface area contributed by atoms with E-state index in [-0.39, 0.29) is 18.0 Å². The minimum absolute atomic E-state index is 0.00579. The largest absolute Gasteiger partial charge is 0.480 e. The van der Waals surface area contributed by atoms with E-state index in [9.17, 15) is 9.59 Å². The molecule has 0 radical (unpaired) electrons. The van der Waals surface area contributed by atoms with E-state index in [2.05, 4.69) is 17.6 Å². The van der Waals surface area contributed by atoms with Gasteiger partial charge >= 0.3 is 6.03 Å². The van der Waals surface area contributed by atoms with E-state index in [1.165, 1.54) is 0 Å². The molecule has 29 heavy (non-hydrogen) atoms. The summed E-state index contributed by atoms with van der Waals surface area (Å²) in [6, 6.07) is 12.1. The second-order valence-corrected chi connectivity index (χ2v) is 7.59. The highest BCUT2D eigenvalue weighted by molar-refractivity contribution is 6.30. The van der Waals surface area contributed by atoms with Crippen molar-refractivity contribution in [2.75, 3.05) is 10.6 Å². The van der Waals surface area contributed by atoms with E-state index in [1.54, 1.807) is 36.4 Å². The molecule has 2 N–H and O–H groups in total. The molecule has 7 heteroatoms.